The van der Waals surface area contributed by atoms with E-state index in [0.29, 0.717) is 0 Å². The Labute approximate surface area is 106 Å². The van der Waals surface area contributed by atoms with Crippen LogP contribution < -0.4 is 9.47 Å². The van der Waals surface area contributed by atoms with Crippen molar-refractivity contribution in [2.45, 2.75) is 6.18 Å². The minimum absolute atomic E-state index is 0.0764. The monoisotopic (exact) mass is 280 g/mol. The lowest BCUT2D eigenvalue weighted by Gasteiger charge is -2.16. The van der Waals surface area contributed by atoms with E-state index >= 15 is 0 Å². The normalized spacial score (nSPS) is 11.2. The first-order valence-electron chi connectivity index (χ1n) is 4.76. The molecule has 0 spiro atoms. The first kappa shape index (κ1) is 14.7. The molecule has 1 rings (SSSR count). The van der Waals surface area contributed by atoms with Gasteiger partial charge in [-0.05, 0) is 18.4 Å². The zero-order valence-electron chi connectivity index (χ0n) is 9.92. The van der Waals surface area contributed by atoms with Gasteiger partial charge in [0.05, 0.1) is 14.2 Å². The van der Waals surface area contributed by atoms with Crippen LogP contribution in [0.3, 0.4) is 0 Å². The van der Waals surface area contributed by atoms with Crippen molar-refractivity contribution in [2.75, 3.05) is 20.5 Å². The number of halogens is 3. The Hall–Kier alpha value is -1.37. The van der Waals surface area contributed by atoms with Crippen LogP contribution in [0.4, 0.5) is 13.2 Å². The Bertz CT molecular complexity index is 458. The first-order valence-corrected chi connectivity index (χ1v) is 5.99. The molecule has 0 amide bonds. The molecule has 0 unspecified atom stereocenters. The number of alkyl halides is 3. The average molecular weight is 280 g/mol. The molecule has 0 atom stereocenters. The van der Waals surface area contributed by atoms with E-state index in [1.54, 1.807) is 0 Å². The van der Waals surface area contributed by atoms with Crippen LogP contribution in [0.5, 0.6) is 11.5 Å². The standard InChI is InChI=1S/C11H11F3O3S/c1-16-8-5-6(10(15)18-3)4-7(9(8)17-2)11(12,13)14/h4-5H,1-3H3. The lowest BCUT2D eigenvalue weighted by molar-refractivity contribution is -0.138. The number of hydrogen-bond donors (Lipinski definition) is 0. The summed E-state index contributed by atoms with van der Waals surface area (Å²) < 4.78 is 48.1. The van der Waals surface area contributed by atoms with Gasteiger partial charge in [0, 0.05) is 5.56 Å². The maximum atomic E-state index is 12.8. The van der Waals surface area contributed by atoms with Gasteiger partial charge < -0.3 is 9.47 Å². The minimum atomic E-state index is -4.62. The molecule has 0 fully saturated rings. The molecule has 1 aromatic carbocycles. The van der Waals surface area contributed by atoms with Crippen molar-refractivity contribution in [1.29, 1.82) is 0 Å². The third kappa shape index (κ3) is 2.90. The zero-order chi connectivity index (χ0) is 13.9. The molecule has 0 heterocycles. The molecule has 0 aromatic heterocycles. The van der Waals surface area contributed by atoms with Crippen LogP contribution in [0.1, 0.15) is 15.9 Å². The maximum absolute atomic E-state index is 12.8. The van der Waals surface area contributed by atoms with Gasteiger partial charge >= 0.3 is 6.18 Å². The Balaban J connectivity index is 3.51. The molecule has 1 aromatic rings. The lowest BCUT2D eigenvalue weighted by atomic mass is 10.1. The van der Waals surface area contributed by atoms with E-state index in [-0.39, 0.29) is 11.3 Å². The smallest absolute Gasteiger partial charge is 0.420 e. The molecule has 0 bridgehead atoms. The quantitative estimate of drug-likeness (QED) is 0.851. The molecule has 0 aliphatic heterocycles. The molecule has 7 heteroatoms. The fourth-order valence-corrected chi connectivity index (χ4v) is 1.76. The molecule has 0 N–H and O–H groups in total. The van der Waals surface area contributed by atoms with Gasteiger partial charge in [-0.15, -0.1) is 0 Å². The van der Waals surface area contributed by atoms with Crippen LogP contribution in [-0.4, -0.2) is 25.6 Å². The van der Waals surface area contributed by atoms with E-state index in [1.165, 1.54) is 19.4 Å². The second-order valence-corrected chi connectivity index (χ2v) is 4.03. The van der Waals surface area contributed by atoms with E-state index in [2.05, 4.69) is 0 Å². The maximum Gasteiger partial charge on any atom is 0.420 e. The van der Waals surface area contributed by atoms with Crippen molar-refractivity contribution in [3.8, 4) is 11.5 Å². The van der Waals surface area contributed by atoms with Crippen LogP contribution in [-0.2, 0) is 6.18 Å². The highest BCUT2D eigenvalue weighted by Crippen LogP contribution is 2.42. The molecular formula is C11H11F3O3S. The molecule has 0 saturated heterocycles. The minimum Gasteiger partial charge on any atom is -0.493 e. The van der Waals surface area contributed by atoms with Crippen molar-refractivity contribution in [3.63, 3.8) is 0 Å². The first-order chi connectivity index (χ1) is 8.35. The van der Waals surface area contributed by atoms with Gasteiger partial charge in [0.25, 0.3) is 0 Å². The highest BCUT2D eigenvalue weighted by atomic mass is 32.2. The third-order valence-corrected chi connectivity index (χ3v) is 2.81. The van der Waals surface area contributed by atoms with E-state index < -0.39 is 22.6 Å². The number of rotatable bonds is 3. The van der Waals surface area contributed by atoms with Gasteiger partial charge in [-0.1, -0.05) is 11.8 Å². The topological polar surface area (TPSA) is 35.5 Å². The highest BCUT2D eigenvalue weighted by molar-refractivity contribution is 8.13. The van der Waals surface area contributed by atoms with Crippen molar-refractivity contribution in [3.05, 3.63) is 23.3 Å². The van der Waals surface area contributed by atoms with E-state index in [9.17, 15) is 18.0 Å². The summed E-state index contributed by atoms with van der Waals surface area (Å²) in [5.41, 5.74) is -1.10. The fourth-order valence-electron chi connectivity index (χ4n) is 1.41. The Kier molecular flexibility index (Phi) is 4.50. The second kappa shape index (κ2) is 5.51. The van der Waals surface area contributed by atoms with Gasteiger partial charge in [0.1, 0.15) is 5.56 Å². The van der Waals surface area contributed by atoms with Crippen molar-refractivity contribution >= 4 is 16.9 Å². The van der Waals surface area contributed by atoms with E-state index in [1.807, 2.05) is 0 Å². The molecule has 100 valence electrons. The van der Waals surface area contributed by atoms with Crippen molar-refractivity contribution in [2.24, 2.45) is 0 Å². The van der Waals surface area contributed by atoms with Crippen molar-refractivity contribution in [1.82, 2.24) is 0 Å². The van der Waals surface area contributed by atoms with Crippen LogP contribution in [0.2, 0.25) is 0 Å². The lowest BCUT2D eigenvalue weighted by Crippen LogP contribution is -2.10. The van der Waals surface area contributed by atoms with E-state index in [0.717, 1.165) is 24.9 Å². The Morgan fingerprint density at radius 3 is 2.22 bits per heavy atom. The highest BCUT2D eigenvalue weighted by Gasteiger charge is 2.37. The predicted molar refractivity (Wildman–Crippen MR) is 62.4 cm³/mol. The molecule has 18 heavy (non-hydrogen) atoms. The SMILES string of the molecule is COc1cc(C(=O)SC)cc(C(F)(F)F)c1OC. The summed E-state index contributed by atoms with van der Waals surface area (Å²) in [6.07, 6.45) is -3.13. The summed E-state index contributed by atoms with van der Waals surface area (Å²) in [6, 6.07) is 1.99. The summed E-state index contributed by atoms with van der Waals surface area (Å²) >= 11 is 0.827. The summed E-state index contributed by atoms with van der Waals surface area (Å²) in [7, 11) is 2.33. The predicted octanol–water partition coefficient (Wildman–Crippen LogP) is 3.23. The van der Waals surface area contributed by atoms with Crippen LogP contribution in [0.15, 0.2) is 12.1 Å². The van der Waals surface area contributed by atoms with Crippen LogP contribution in [0.25, 0.3) is 0 Å². The average Bonchev–Trinajstić information content (AvgIpc) is 2.34. The molecule has 0 saturated carbocycles. The molecular weight excluding hydrogens is 269 g/mol. The summed E-state index contributed by atoms with van der Waals surface area (Å²) in [5, 5.41) is -0.471. The van der Waals surface area contributed by atoms with Crippen LogP contribution >= 0.6 is 11.8 Å². The number of benzene rings is 1. The number of carbonyl (C=O) groups excluding carboxylic acids is 1. The largest absolute Gasteiger partial charge is 0.493 e. The van der Waals surface area contributed by atoms with Crippen LogP contribution in [0, 0.1) is 0 Å². The van der Waals surface area contributed by atoms with Gasteiger partial charge in [0.2, 0.25) is 5.12 Å². The number of thioether (sulfide) groups is 1. The Morgan fingerprint density at radius 1 is 1.22 bits per heavy atom. The summed E-state index contributed by atoms with van der Waals surface area (Å²) in [4.78, 5) is 11.5. The summed E-state index contributed by atoms with van der Waals surface area (Å²) in [5.74, 6) is -0.549. The second-order valence-electron chi connectivity index (χ2n) is 3.25. The molecule has 0 aliphatic carbocycles. The Morgan fingerprint density at radius 2 is 1.83 bits per heavy atom. The zero-order valence-corrected chi connectivity index (χ0v) is 10.7. The number of carbonyl (C=O) groups is 1. The van der Waals surface area contributed by atoms with E-state index in [4.69, 9.17) is 9.47 Å². The van der Waals surface area contributed by atoms with Gasteiger partial charge in [-0.2, -0.15) is 13.2 Å². The molecule has 3 nitrogen and oxygen atoms in total. The van der Waals surface area contributed by atoms with Gasteiger partial charge in [-0.3, -0.25) is 4.79 Å². The molecule has 0 radical (unpaired) electrons. The summed E-state index contributed by atoms with van der Waals surface area (Å²) in [6.45, 7) is 0. The van der Waals surface area contributed by atoms with Gasteiger partial charge in [0.15, 0.2) is 11.5 Å². The molecule has 0 aliphatic rings. The number of methoxy groups -OCH3 is 2. The third-order valence-electron chi connectivity index (χ3n) is 2.21. The number of ether oxygens (including phenoxy) is 2. The number of hydrogen-bond acceptors (Lipinski definition) is 4. The van der Waals surface area contributed by atoms with Crippen molar-refractivity contribution < 1.29 is 27.4 Å². The fraction of sp³-hybridized carbons (Fsp3) is 0.364. The van der Waals surface area contributed by atoms with Gasteiger partial charge in [-0.25, -0.2) is 0 Å².